The van der Waals surface area contributed by atoms with Crippen molar-refractivity contribution < 1.29 is 0 Å². The van der Waals surface area contributed by atoms with Gasteiger partial charge in [-0.1, -0.05) is 29.3 Å². The molecule has 0 saturated carbocycles. The maximum absolute atomic E-state index is 6.11. The number of fused-ring (bicyclic) bond motifs is 1. The number of para-hydroxylation sites is 1. The van der Waals surface area contributed by atoms with Crippen LogP contribution in [0.2, 0.25) is 10.0 Å². The van der Waals surface area contributed by atoms with E-state index < -0.39 is 0 Å². The number of hydrogen-bond donors (Lipinski definition) is 1. The summed E-state index contributed by atoms with van der Waals surface area (Å²) >= 11 is 12.2. The molecule has 3 rings (SSSR count). The van der Waals surface area contributed by atoms with Crippen LogP contribution in [-0.2, 0) is 6.54 Å². The van der Waals surface area contributed by atoms with Crippen molar-refractivity contribution in [1.82, 2.24) is 14.6 Å². The molecule has 0 fully saturated rings. The number of hydrogen-bond acceptors (Lipinski definition) is 3. The van der Waals surface area contributed by atoms with Crippen LogP contribution >= 0.6 is 23.2 Å². The van der Waals surface area contributed by atoms with E-state index in [4.69, 9.17) is 23.2 Å². The van der Waals surface area contributed by atoms with E-state index in [1.165, 1.54) is 0 Å². The summed E-state index contributed by atoms with van der Waals surface area (Å²) < 4.78 is 1.76. The zero-order chi connectivity index (χ0) is 14.1. The summed E-state index contributed by atoms with van der Waals surface area (Å²) in [5.41, 5.74) is 3.50. The largest absolute Gasteiger partial charge is 0.378 e. The Balaban J connectivity index is 1.83. The molecule has 4 nitrogen and oxygen atoms in total. The topological polar surface area (TPSA) is 42.2 Å². The molecule has 0 atom stereocenters. The van der Waals surface area contributed by atoms with Gasteiger partial charge in [-0.25, -0.2) is 9.50 Å². The molecule has 0 bridgehead atoms. The van der Waals surface area contributed by atoms with Crippen molar-refractivity contribution in [3.05, 3.63) is 58.0 Å². The van der Waals surface area contributed by atoms with Gasteiger partial charge in [-0.05, 0) is 19.1 Å². The lowest BCUT2D eigenvalue weighted by Crippen LogP contribution is -2.03. The van der Waals surface area contributed by atoms with Crippen LogP contribution in [0.3, 0.4) is 0 Å². The van der Waals surface area contributed by atoms with E-state index in [0.29, 0.717) is 16.6 Å². The van der Waals surface area contributed by atoms with Gasteiger partial charge < -0.3 is 5.32 Å². The van der Waals surface area contributed by atoms with Gasteiger partial charge in [0.25, 0.3) is 0 Å². The molecule has 2 heterocycles. The van der Waals surface area contributed by atoms with Gasteiger partial charge in [0.2, 0.25) is 0 Å². The number of aryl methyl sites for hydroxylation is 1. The highest BCUT2D eigenvalue weighted by atomic mass is 35.5. The molecule has 2 aromatic heterocycles. The molecule has 0 spiro atoms. The lowest BCUT2D eigenvalue weighted by Gasteiger charge is -2.10. The lowest BCUT2D eigenvalue weighted by atomic mass is 10.3. The quantitative estimate of drug-likeness (QED) is 0.796. The van der Waals surface area contributed by atoms with Crippen LogP contribution < -0.4 is 5.32 Å². The molecular formula is C14H12Cl2N4. The smallest absolute Gasteiger partial charge is 0.155 e. The van der Waals surface area contributed by atoms with Crippen LogP contribution in [0.25, 0.3) is 5.65 Å². The Labute approximate surface area is 126 Å². The van der Waals surface area contributed by atoms with Crippen LogP contribution in [0.15, 0.2) is 36.7 Å². The molecule has 1 N–H and O–H groups in total. The van der Waals surface area contributed by atoms with Crippen molar-refractivity contribution in [3.63, 3.8) is 0 Å². The Morgan fingerprint density at radius 3 is 2.75 bits per heavy atom. The third-order valence-corrected chi connectivity index (χ3v) is 3.55. The highest BCUT2D eigenvalue weighted by molar-refractivity contribution is 6.39. The van der Waals surface area contributed by atoms with Gasteiger partial charge in [0.05, 0.1) is 21.4 Å². The van der Waals surface area contributed by atoms with Crippen molar-refractivity contribution in [2.75, 3.05) is 5.32 Å². The normalized spacial score (nSPS) is 10.9. The highest BCUT2D eigenvalue weighted by Crippen LogP contribution is 2.30. The van der Waals surface area contributed by atoms with E-state index in [9.17, 15) is 0 Å². The fourth-order valence-electron chi connectivity index (χ4n) is 1.98. The zero-order valence-corrected chi connectivity index (χ0v) is 12.3. The van der Waals surface area contributed by atoms with Gasteiger partial charge >= 0.3 is 0 Å². The fraction of sp³-hybridized carbons (Fsp3) is 0.143. The molecule has 0 unspecified atom stereocenters. The molecule has 0 aliphatic heterocycles. The van der Waals surface area contributed by atoms with E-state index in [1.807, 2.05) is 31.5 Å². The average molecular weight is 307 g/mol. The summed E-state index contributed by atoms with van der Waals surface area (Å²) in [7, 11) is 0. The van der Waals surface area contributed by atoms with Crippen LogP contribution in [-0.4, -0.2) is 14.6 Å². The summed E-state index contributed by atoms with van der Waals surface area (Å²) in [6.07, 6.45) is 3.75. The molecule has 0 radical (unpaired) electrons. The minimum absolute atomic E-state index is 0.575. The Bertz CT molecular complexity index is 747. The van der Waals surface area contributed by atoms with Gasteiger partial charge in [-0.3, -0.25) is 0 Å². The monoisotopic (exact) mass is 306 g/mol. The summed E-state index contributed by atoms with van der Waals surface area (Å²) in [4.78, 5) is 4.35. The Morgan fingerprint density at radius 1 is 1.25 bits per heavy atom. The van der Waals surface area contributed by atoms with E-state index in [2.05, 4.69) is 15.4 Å². The van der Waals surface area contributed by atoms with Crippen LogP contribution in [0.4, 0.5) is 5.69 Å². The van der Waals surface area contributed by atoms with Crippen molar-refractivity contribution >= 4 is 34.5 Å². The Hall–Kier alpha value is -1.78. The predicted octanol–water partition coefficient (Wildman–Crippen LogP) is 3.96. The van der Waals surface area contributed by atoms with Crippen molar-refractivity contribution in [3.8, 4) is 0 Å². The van der Waals surface area contributed by atoms with Crippen molar-refractivity contribution in [1.29, 1.82) is 0 Å². The molecular weight excluding hydrogens is 295 g/mol. The van der Waals surface area contributed by atoms with E-state index in [0.717, 1.165) is 22.6 Å². The van der Waals surface area contributed by atoms with Gasteiger partial charge in [0, 0.05) is 30.6 Å². The third-order valence-electron chi connectivity index (χ3n) is 2.92. The maximum Gasteiger partial charge on any atom is 0.155 e. The molecule has 0 aliphatic rings. The van der Waals surface area contributed by atoms with Crippen LogP contribution in [0.1, 0.15) is 11.3 Å². The second-order valence-electron chi connectivity index (χ2n) is 4.50. The zero-order valence-electron chi connectivity index (χ0n) is 10.8. The molecule has 20 heavy (non-hydrogen) atoms. The average Bonchev–Trinajstić information content (AvgIpc) is 2.77. The van der Waals surface area contributed by atoms with Gasteiger partial charge in [0.15, 0.2) is 5.65 Å². The molecule has 6 heteroatoms. The highest BCUT2D eigenvalue weighted by Gasteiger charge is 2.06. The summed E-state index contributed by atoms with van der Waals surface area (Å²) in [5.74, 6) is 0. The van der Waals surface area contributed by atoms with E-state index in [1.54, 1.807) is 16.6 Å². The standard InChI is InChI=1S/C14H12Cl2N4/c1-9-5-13-17-6-10(8-20(13)19-9)7-18-14-11(15)3-2-4-12(14)16/h2-6,8,18H,7H2,1H3. The number of aromatic nitrogens is 3. The number of benzene rings is 1. The van der Waals surface area contributed by atoms with Crippen LogP contribution in [0, 0.1) is 6.92 Å². The molecule has 0 saturated heterocycles. The summed E-state index contributed by atoms with van der Waals surface area (Å²) in [6, 6.07) is 7.35. The first-order chi connectivity index (χ1) is 9.63. The third kappa shape index (κ3) is 2.57. The molecule has 3 aromatic rings. The van der Waals surface area contributed by atoms with Crippen molar-refractivity contribution in [2.45, 2.75) is 13.5 Å². The Kier molecular flexibility index (Phi) is 3.51. The van der Waals surface area contributed by atoms with Gasteiger partial charge in [0.1, 0.15) is 0 Å². The first-order valence-electron chi connectivity index (χ1n) is 6.12. The molecule has 0 aliphatic carbocycles. The first kappa shape index (κ1) is 13.2. The minimum atomic E-state index is 0.575. The number of halogens is 2. The van der Waals surface area contributed by atoms with Gasteiger partial charge in [-0.2, -0.15) is 5.10 Å². The Morgan fingerprint density at radius 2 is 2.00 bits per heavy atom. The number of nitrogens with zero attached hydrogens (tertiary/aromatic N) is 3. The number of anilines is 1. The lowest BCUT2D eigenvalue weighted by molar-refractivity contribution is 0.895. The van der Waals surface area contributed by atoms with Gasteiger partial charge in [-0.15, -0.1) is 0 Å². The fourth-order valence-corrected chi connectivity index (χ4v) is 2.51. The minimum Gasteiger partial charge on any atom is -0.378 e. The number of nitrogens with one attached hydrogen (secondary N) is 1. The SMILES string of the molecule is Cc1cc2ncc(CNc3c(Cl)cccc3Cl)cn2n1. The van der Waals surface area contributed by atoms with E-state index in [-0.39, 0.29) is 0 Å². The van der Waals surface area contributed by atoms with Crippen molar-refractivity contribution in [2.24, 2.45) is 0 Å². The first-order valence-corrected chi connectivity index (χ1v) is 6.88. The molecule has 102 valence electrons. The molecule has 0 amide bonds. The summed E-state index contributed by atoms with van der Waals surface area (Å²) in [6.45, 7) is 2.52. The predicted molar refractivity (Wildman–Crippen MR) is 81.5 cm³/mol. The van der Waals surface area contributed by atoms with Crippen LogP contribution in [0.5, 0.6) is 0 Å². The second kappa shape index (κ2) is 5.31. The second-order valence-corrected chi connectivity index (χ2v) is 5.32. The molecule has 1 aromatic carbocycles. The van der Waals surface area contributed by atoms with E-state index >= 15 is 0 Å². The number of rotatable bonds is 3. The maximum atomic E-state index is 6.11. The summed E-state index contributed by atoms with van der Waals surface area (Å²) in [5, 5.41) is 8.76.